The van der Waals surface area contributed by atoms with Crippen LogP contribution in [-0.2, 0) is 0 Å². The van der Waals surface area contributed by atoms with Crippen LogP contribution in [0.5, 0.6) is 0 Å². The van der Waals surface area contributed by atoms with Gasteiger partial charge in [0.1, 0.15) is 0 Å². The van der Waals surface area contributed by atoms with Crippen molar-refractivity contribution in [1.82, 2.24) is 9.97 Å². The molecule has 0 aliphatic carbocycles. The fourth-order valence-electron chi connectivity index (χ4n) is 0.698. The van der Waals surface area contributed by atoms with Gasteiger partial charge in [-0.25, -0.2) is 0 Å². The second-order valence-electron chi connectivity index (χ2n) is 3.45. The van der Waals surface area contributed by atoms with Crippen molar-refractivity contribution < 1.29 is 0 Å². The van der Waals surface area contributed by atoms with Gasteiger partial charge in [-0.15, -0.1) is 0 Å². The van der Waals surface area contributed by atoms with E-state index in [0.717, 1.165) is 8.44 Å². The van der Waals surface area contributed by atoms with E-state index in [4.69, 9.17) is 0 Å². The number of aromatic nitrogens is 2. The fraction of sp³-hybridized carbons (Fsp3) is 0.429. The van der Waals surface area contributed by atoms with Gasteiger partial charge in [0.05, 0.1) is 0 Å². The Morgan fingerprint density at radius 1 is 1.36 bits per heavy atom. The zero-order valence-electron chi connectivity index (χ0n) is 6.93. The number of halogens is 1. The van der Waals surface area contributed by atoms with Crippen LogP contribution in [0.15, 0.2) is 16.9 Å². The first kappa shape index (κ1) is 9.45. The molecule has 11 heavy (non-hydrogen) atoms. The van der Waals surface area contributed by atoms with Gasteiger partial charge >= 0.3 is 79.8 Å². The molecule has 0 bridgehead atoms. The van der Waals surface area contributed by atoms with E-state index in [2.05, 4.69) is 40.7 Å². The first-order valence-electron chi connectivity index (χ1n) is 3.49. The quantitative estimate of drug-likeness (QED) is 0.582. The van der Waals surface area contributed by atoms with Crippen molar-refractivity contribution in [3.05, 3.63) is 16.9 Å². The van der Waals surface area contributed by atoms with Crippen LogP contribution in [0.4, 0.5) is 0 Å². The summed E-state index contributed by atoms with van der Waals surface area (Å²) in [7, 11) is 0. The zero-order valence-corrected chi connectivity index (χ0v) is 11.4. The van der Waals surface area contributed by atoms with E-state index >= 15 is 0 Å². The summed E-state index contributed by atoms with van der Waals surface area (Å²) in [5, 5.41) is 0. The Kier molecular flexibility index (Phi) is 2.91. The molecule has 1 rings (SSSR count). The summed E-state index contributed by atoms with van der Waals surface area (Å²) in [6.45, 7) is 0. The standard InChI is InChI=1S/C4H2BrN2.3CH3.Sn/c5-4-1-2-6-3-7-4;;;;/h1-2H;3*1H3;. The summed E-state index contributed by atoms with van der Waals surface area (Å²) < 4.78 is 1.97. The first-order valence-corrected chi connectivity index (χ1v) is 14.3. The van der Waals surface area contributed by atoms with E-state index < -0.39 is 18.4 Å². The number of rotatable bonds is 1. The van der Waals surface area contributed by atoms with Crippen molar-refractivity contribution >= 4 is 38.1 Å². The van der Waals surface area contributed by atoms with Crippen molar-refractivity contribution in [3.63, 3.8) is 0 Å². The van der Waals surface area contributed by atoms with Gasteiger partial charge in [0.15, 0.2) is 0 Å². The van der Waals surface area contributed by atoms with Gasteiger partial charge in [0.2, 0.25) is 0 Å². The molecule has 0 aliphatic rings. The average molecular weight is 322 g/mol. The third-order valence-corrected chi connectivity index (χ3v) is 6.25. The molecule has 0 aromatic carbocycles. The summed E-state index contributed by atoms with van der Waals surface area (Å²) in [5.41, 5.74) is 0. The third kappa shape index (κ3) is 2.70. The molecule has 0 N–H and O–H groups in total. The van der Waals surface area contributed by atoms with E-state index in [1.165, 1.54) is 0 Å². The van der Waals surface area contributed by atoms with Gasteiger partial charge in [-0.2, -0.15) is 0 Å². The molecule has 0 fully saturated rings. The van der Waals surface area contributed by atoms with Crippen LogP contribution in [0, 0.1) is 0 Å². The summed E-state index contributed by atoms with van der Waals surface area (Å²) in [6.07, 6.45) is 1.81. The van der Waals surface area contributed by atoms with Gasteiger partial charge in [-0.1, -0.05) is 0 Å². The number of hydrogen-bond acceptors (Lipinski definition) is 2. The Balaban J connectivity index is 3.06. The summed E-state index contributed by atoms with van der Waals surface area (Å²) >= 11 is 1.33. The van der Waals surface area contributed by atoms with E-state index in [1.54, 1.807) is 0 Å². The van der Waals surface area contributed by atoms with Crippen LogP contribution in [-0.4, -0.2) is 28.3 Å². The van der Waals surface area contributed by atoms with E-state index in [-0.39, 0.29) is 0 Å². The molecular weight excluding hydrogens is 311 g/mol. The van der Waals surface area contributed by atoms with Crippen LogP contribution in [0.25, 0.3) is 0 Å². The van der Waals surface area contributed by atoms with Gasteiger partial charge in [0, 0.05) is 0 Å². The second-order valence-corrected chi connectivity index (χ2v) is 18.4. The van der Waals surface area contributed by atoms with Crippen molar-refractivity contribution in [2.24, 2.45) is 0 Å². The predicted molar refractivity (Wildman–Crippen MR) is 52.7 cm³/mol. The van der Waals surface area contributed by atoms with Crippen molar-refractivity contribution in [2.45, 2.75) is 14.8 Å². The molecule has 1 aromatic heterocycles. The van der Waals surface area contributed by atoms with Gasteiger partial charge in [-0.3, -0.25) is 0 Å². The van der Waals surface area contributed by atoms with E-state index in [1.807, 2.05) is 12.3 Å². The average Bonchev–Trinajstić information content (AvgIpc) is 1.86. The minimum absolute atomic E-state index is 0.897. The Hall–Kier alpha value is 0.359. The molecule has 0 radical (unpaired) electrons. The Morgan fingerprint density at radius 3 is 2.36 bits per heavy atom. The van der Waals surface area contributed by atoms with Gasteiger partial charge in [0.25, 0.3) is 0 Å². The maximum atomic E-state index is 4.34. The summed E-state index contributed by atoms with van der Waals surface area (Å²) in [5.74, 6) is 0. The number of nitrogens with zero attached hydrogens (tertiary/aromatic N) is 2. The zero-order chi connectivity index (χ0) is 8.48. The SMILES string of the molecule is [CH3][Sn]([CH3])([CH3])[c]1nccc(Br)n1. The van der Waals surface area contributed by atoms with Crippen LogP contribution >= 0.6 is 15.9 Å². The van der Waals surface area contributed by atoms with Gasteiger partial charge < -0.3 is 0 Å². The maximum absolute atomic E-state index is 4.34. The third-order valence-electron chi connectivity index (χ3n) is 1.29. The summed E-state index contributed by atoms with van der Waals surface area (Å²) in [6, 6.07) is 1.86. The van der Waals surface area contributed by atoms with Gasteiger partial charge in [-0.05, 0) is 0 Å². The van der Waals surface area contributed by atoms with Crippen molar-refractivity contribution in [1.29, 1.82) is 0 Å². The molecule has 2 nitrogen and oxygen atoms in total. The molecule has 0 unspecified atom stereocenters. The molecule has 1 heterocycles. The van der Waals surface area contributed by atoms with Crippen LogP contribution < -0.4 is 3.84 Å². The normalized spacial score (nSPS) is 11.6. The number of hydrogen-bond donors (Lipinski definition) is 0. The molecule has 1 aromatic rings. The van der Waals surface area contributed by atoms with Crippen LogP contribution in [0.3, 0.4) is 0 Å². The second kappa shape index (κ2) is 3.39. The first-order chi connectivity index (χ1) is 5.00. The molecule has 0 spiro atoms. The molecule has 0 aliphatic heterocycles. The molecule has 0 saturated heterocycles. The summed E-state index contributed by atoms with van der Waals surface area (Å²) in [4.78, 5) is 15.5. The fourth-order valence-corrected chi connectivity index (χ4v) is 4.07. The molecular formula is C7H11BrN2Sn. The Morgan fingerprint density at radius 2 is 2.00 bits per heavy atom. The van der Waals surface area contributed by atoms with Crippen molar-refractivity contribution in [2.75, 3.05) is 0 Å². The van der Waals surface area contributed by atoms with Crippen LogP contribution in [0.1, 0.15) is 0 Å². The Labute approximate surface area is 79.5 Å². The minimum atomic E-state index is -2.01. The topological polar surface area (TPSA) is 25.8 Å². The molecule has 0 saturated carbocycles. The van der Waals surface area contributed by atoms with E-state index in [0.29, 0.717) is 0 Å². The molecule has 0 atom stereocenters. The van der Waals surface area contributed by atoms with Crippen molar-refractivity contribution in [3.8, 4) is 0 Å². The van der Waals surface area contributed by atoms with Crippen LogP contribution in [0.2, 0.25) is 14.8 Å². The molecule has 4 heteroatoms. The van der Waals surface area contributed by atoms with E-state index in [9.17, 15) is 0 Å². The molecule has 60 valence electrons. The predicted octanol–water partition coefficient (Wildman–Crippen LogP) is 1.78. The Bertz CT molecular complexity index is 257. The monoisotopic (exact) mass is 322 g/mol. The molecule has 0 amide bonds.